The molecule has 1 aromatic heterocycles. The Hall–Kier alpha value is -0.945. The molecule has 1 saturated heterocycles. The number of aromatic nitrogens is 1. The van der Waals surface area contributed by atoms with Gasteiger partial charge in [-0.15, -0.1) is 0 Å². The van der Waals surface area contributed by atoms with Crippen LogP contribution in [0, 0.1) is 6.92 Å². The number of hydrogen-bond donors (Lipinski definition) is 0. The van der Waals surface area contributed by atoms with E-state index >= 15 is 0 Å². The van der Waals surface area contributed by atoms with Crippen molar-refractivity contribution in [3.8, 4) is 0 Å². The fraction of sp³-hybridized carbons (Fsp3) is 0.727. The van der Waals surface area contributed by atoms with Crippen molar-refractivity contribution in [3.63, 3.8) is 0 Å². The lowest BCUT2D eigenvalue weighted by Gasteiger charge is -2.32. The first-order valence-electron chi connectivity index (χ1n) is 5.75. The maximum atomic E-state index is 12.8. The Bertz CT molecular complexity index is 443. The molecule has 0 bridgehead atoms. The maximum absolute atomic E-state index is 12.8. The molecule has 0 amide bonds. The monoisotopic (exact) mass is 259 g/mol. The minimum atomic E-state index is -2.71. The lowest BCUT2D eigenvalue weighted by molar-refractivity contribution is 0.00578. The van der Waals surface area contributed by atoms with Crippen molar-refractivity contribution >= 4 is 12.8 Å². The summed E-state index contributed by atoms with van der Waals surface area (Å²) in [5.41, 5.74) is -1.65. The maximum Gasteiger partial charge on any atom is 0.535 e. The lowest BCUT2D eigenvalue weighted by atomic mass is 9.84. The first-order chi connectivity index (χ1) is 8.14. The van der Waals surface area contributed by atoms with E-state index in [1.54, 1.807) is 0 Å². The number of oxazole rings is 1. The van der Waals surface area contributed by atoms with Crippen molar-refractivity contribution in [2.45, 2.75) is 52.2 Å². The predicted molar refractivity (Wildman–Crippen MR) is 61.9 cm³/mol. The normalized spacial score (nSPS) is 21.9. The zero-order valence-corrected chi connectivity index (χ0v) is 11.1. The van der Waals surface area contributed by atoms with Crippen molar-refractivity contribution in [1.29, 1.82) is 0 Å². The van der Waals surface area contributed by atoms with Crippen LogP contribution >= 0.6 is 0 Å². The Morgan fingerprint density at radius 3 is 2.06 bits per heavy atom. The van der Waals surface area contributed by atoms with Gasteiger partial charge in [-0.25, -0.2) is 13.8 Å². The van der Waals surface area contributed by atoms with Gasteiger partial charge in [-0.2, -0.15) is 0 Å². The van der Waals surface area contributed by atoms with Crippen LogP contribution in [0.4, 0.5) is 8.78 Å². The third kappa shape index (κ3) is 2.05. The smallest absolute Gasteiger partial charge is 0.449 e. The molecule has 0 aliphatic carbocycles. The van der Waals surface area contributed by atoms with Crippen LogP contribution in [0.25, 0.3) is 0 Å². The molecular formula is C11H16BF2NO3. The minimum Gasteiger partial charge on any atom is -0.449 e. The van der Waals surface area contributed by atoms with Gasteiger partial charge in [0.2, 0.25) is 0 Å². The van der Waals surface area contributed by atoms with Gasteiger partial charge in [-0.05, 0) is 27.7 Å². The van der Waals surface area contributed by atoms with Gasteiger partial charge in [0.15, 0.2) is 11.6 Å². The fourth-order valence-corrected chi connectivity index (χ4v) is 1.73. The zero-order valence-electron chi connectivity index (χ0n) is 11.1. The molecular weight excluding hydrogens is 243 g/mol. The zero-order chi connectivity index (χ0) is 13.7. The van der Waals surface area contributed by atoms with E-state index in [0.29, 0.717) is 0 Å². The highest BCUT2D eigenvalue weighted by atomic mass is 19.3. The summed E-state index contributed by atoms with van der Waals surface area (Å²) >= 11 is 0. The van der Waals surface area contributed by atoms with Crippen LogP contribution in [0.5, 0.6) is 0 Å². The highest BCUT2D eigenvalue weighted by Crippen LogP contribution is 2.37. The topological polar surface area (TPSA) is 44.5 Å². The van der Waals surface area contributed by atoms with E-state index in [1.165, 1.54) is 6.92 Å². The Morgan fingerprint density at radius 1 is 1.11 bits per heavy atom. The van der Waals surface area contributed by atoms with Crippen LogP contribution in [0.15, 0.2) is 4.42 Å². The van der Waals surface area contributed by atoms with E-state index in [-0.39, 0.29) is 11.6 Å². The molecule has 4 nitrogen and oxygen atoms in total. The molecule has 0 aromatic carbocycles. The summed E-state index contributed by atoms with van der Waals surface area (Å²) in [5, 5.41) is 0. The van der Waals surface area contributed by atoms with Gasteiger partial charge in [-0.3, -0.25) is 0 Å². The molecule has 0 radical (unpaired) electrons. The molecule has 0 unspecified atom stereocenters. The Morgan fingerprint density at radius 2 is 1.61 bits per heavy atom. The summed E-state index contributed by atoms with van der Waals surface area (Å²) in [7, 11) is -0.944. The third-order valence-electron chi connectivity index (χ3n) is 3.46. The molecule has 1 fully saturated rings. The number of alkyl halides is 2. The van der Waals surface area contributed by atoms with Gasteiger partial charge in [0.05, 0.1) is 11.2 Å². The molecule has 18 heavy (non-hydrogen) atoms. The Kier molecular flexibility index (Phi) is 3.02. The first-order valence-corrected chi connectivity index (χ1v) is 5.75. The fourth-order valence-electron chi connectivity index (χ4n) is 1.73. The second-order valence-corrected chi connectivity index (χ2v) is 5.37. The minimum absolute atomic E-state index is 0.0406. The van der Waals surface area contributed by atoms with Gasteiger partial charge in [0, 0.05) is 6.92 Å². The summed E-state index contributed by atoms with van der Waals surface area (Å²) in [5.74, 6) is 0.176. The van der Waals surface area contributed by atoms with Crippen LogP contribution in [-0.2, 0) is 9.31 Å². The van der Waals surface area contributed by atoms with Crippen LogP contribution in [0.3, 0.4) is 0 Å². The molecule has 0 spiro atoms. The summed E-state index contributed by atoms with van der Waals surface area (Å²) in [4.78, 5) is 3.67. The van der Waals surface area contributed by atoms with E-state index < -0.39 is 30.4 Å². The highest BCUT2D eigenvalue weighted by molar-refractivity contribution is 6.61. The molecule has 1 aliphatic heterocycles. The predicted octanol–water partition coefficient (Wildman–Crippen LogP) is 2.22. The summed E-state index contributed by atoms with van der Waals surface area (Å²) in [6, 6.07) is 0. The number of nitrogens with zero attached hydrogens (tertiary/aromatic N) is 1. The number of halogens is 2. The average molecular weight is 259 g/mol. The Labute approximate surface area is 105 Å². The summed E-state index contributed by atoms with van der Waals surface area (Å²) < 4.78 is 42.2. The van der Waals surface area contributed by atoms with Crippen LogP contribution in [0.1, 0.15) is 45.7 Å². The van der Waals surface area contributed by atoms with E-state index in [9.17, 15) is 8.78 Å². The van der Waals surface area contributed by atoms with Crippen molar-refractivity contribution in [2.24, 2.45) is 0 Å². The SMILES string of the molecule is Cc1nc(C(F)F)c(B2OC(C)(C)C(C)(C)O2)o1. The van der Waals surface area contributed by atoms with Gasteiger partial charge in [-0.1, -0.05) is 0 Å². The van der Waals surface area contributed by atoms with E-state index in [4.69, 9.17) is 13.7 Å². The van der Waals surface area contributed by atoms with Gasteiger partial charge in [0.1, 0.15) is 5.69 Å². The largest absolute Gasteiger partial charge is 0.535 e. The van der Waals surface area contributed by atoms with E-state index in [2.05, 4.69) is 4.98 Å². The number of aryl methyl sites for hydroxylation is 1. The van der Waals surface area contributed by atoms with Crippen LogP contribution in [0.2, 0.25) is 0 Å². The Balaban J connectivity index is 2.35. The van der Waals surface area contributed by atoms with Crippen molar-refractivity contribution in [3.05, 3.63) is 11.6 Å². The highest BCUT2D eigenvalue weighted by Gasteiger charge is 2.54. The molecule has 7 heteroatoms. The molecule has 0 atom stereocenters. The third-order valence-corrected chi connectivity index (χ3v) is 3.46. The first kappa shape index (κ1) is 13.5. The van der Waals surface area contributed by atoms with Gasteiger partial charge >= 0.3 is 7.12 Å². The second-order valence-electron chi connectivity index (χ2n) is 5.37. The van der Waals surface area contributed by atoms with E-state index in [1.807, 2.05) is 27.7 Å². The molecule has 1 aliphatic rings. The summed E-state index contributed by atoms with van der Waals surface area (Å²) in [6.07, 6.45) is -2.71. The summed E-state index contributed by atoms with van der Waals surface area (Å²) in [6.45, 7) is 8.90. The van der Waals surface area contributed by atoms with E-state index in [0.717, 1.165) is 0 Å². The molecule has 0 saturated carbocycles. The van der Waals surface area contributed by atoms with Crippen LogP contribution in [-0.4, -0.2) is 23.3 Å². The molecule has 0 N–H and O–H groups in total. The second kappa shape index (κ2) is 4.03. The number of rotatable bonds is 2. The van der Waals surface area contributed by atoms with Crippen LogP contribution < -0.4 is 5.66 Å². The average Bonchev–Trinajstić information content (AvgIpc) is 2.66. The molecule has 2 rings (SSSR count). The van der Waals surface area contributed by atoms with Gasteiger partial charge < -0.3 is 13.7 Å². The molecule has 100 valence electrons. The number of hydrogen-bond acceptors (Lipinski definition) is 4. The van der Waals surface area contributed by atoms with Crippen molar-refractivity contribution < 1.29 is 22.5 Å². The molecule has 2 heterocycles. The van der Waals surface area contributed by atoms with Crippen molar-refractivity contribution in [2.75, 3.05) is 0 Å². The van der Waals surface area contributed by atoms with Crippen molar-refractivity contribution in [1.82, 2.24) is 4.98 Å². The standard InChI is InChI=1S/C11H16BF2NO3/c1-6-15-7(9(13)14)8(16-6)12-17-10(2,3)11(4,5)18-12/h9H,1-5H3. The molecule has 1 aromatic rings. The lowest BCUT2D eigenvalue weighted by Crippen LogP contribution is -2.41. The quantitative estimate of drug-likeness (QED) is 0.764. The van der Waals surface area contributed by atoms with Gasteiger partial charge in [0.25, 0.3) is 6.43 Å².